The Labute approximate surface area is 110 Å². The highest BCUT2D eigenvalue weighted by molar-refractivity contribution is 6.32. The first kappa shape index (κ1) is 16.1. The summed E-state index contributed by atoms with van der Waals surface area (Å²) in [5.41, 5.74) is 6.34. The van der Waals surface area contributed by atoms with Crippen LogP contribution in [0.15, 0.2) is 18.2 Å². The van der Waals surface area contributed by atoms with E-state index in [4.69, 9.17) is 22.4 Å². The lowest BCUT2D eigenvalue weighted by molar-refractivity contribution is -0.384. The van der Waals surface area contributed by atoms with Crippen LogP contribution in [0.1, 0.15) is 24.4 Å². The molecule has 0 bridgehead atoms. The molecule has 1 rings (SSSR count). The molecule has 7 heteroatoms. The first-order valence-corrected chi connectivity index (χ1v) is 5.24. The molecule has 1 aromatic carbocycles. The summed E-state index contributed by atoms with van der Waals surface area (Å²) >= 11 is 5.68. The summed E-state index contributed by atoms with van der Waals surface area (Å²) in [6, 6.07) is 4.19. The maximum absolute atomic E-state index is 10.7. The summed E-state index contributed by atoms with van der Waals surface area (Å²) in [5.74, 6) is 0. The van der Waals surface area contributed by atoms with Gasteiger partial charge in [-0.25, -0.2) is 0 Å². The fourth-order valence-electron chi connectivity index (χ4n) is 1.38. The molecule has 0 radical (unpaired) electrons. The van der Waals surface area contributed by atoms with Crippen molar-refractivity contribution in [3.63, 3.8) is 0 Å². The minimum atomic E-state index is -0.537. The quantitative estimate of drug-likeness (QED) is 0.640. The van der Waals surface area contributed by atoms with Crippen LogP contribution in [0.5, 0.6) is 0 Å². The minimum absolute atomic E-state index is 0. The van der Waals surface area contributed by atoms with Crippen molar-refractivity contribution in [2.75, 3.05) is 6.61 Å². The van der Waals surface area contributed by atoms with Gasteiger partial charge in [0.1, 0.15) is 5.02 Å². The molecule has 0 amide bonds. The summed E-state index contributed by atoms with van der Waals surface area (Å²) in [7, 11) is 0. The van der Waals surface area contributed by atoms with Gasteiger partial charge in [-0.05, 0) is 24.5 Å². The van der Waals surface area contributed by atoms with E-state index in [1.54, 1.807) is 6.07 Å². The largest absolute Gasteiger partial charge is 0.396 e. The number of hydrogen-bond donors (Lipinski definition) is 2. The number of nitro groups is 1. The van der Waals surface area contributed by atoms with E-state index in [1.165, 1.54) is 12.1 Å². The molecular formula is C10H14Cl2N2O3. The Morgan fingerprint density at radius 2 is 2.18 bits per heavy atom. The molecule has 0 saturated carbocycles. The van der Waals surface area contributed by atoms with Crippen LogP contribution < -0.4 is 5.73 Å². The fraction of sp³-hybridized carbons (Fsp3) is 0.400. The van der Waals surface area contributed by atoms with E-state index in [9.17, 15) is 10.1 Å². The topological polar surface area (TPSA) is 89.4 Å². The maximum atomic E-state index is 10.7. The zero-order valence-corrected chi connectivity index (χ0v) is 10.6. The molecule has 0 fully saturated rings. The van der Waals surface area contributed by atoms with Gasteiger partial charge in [0.15, 0.2) is 0 Å². The van der Waals surface area contributed by atoms with Gasteiger partial charge in [0.2, 0.25) is 0 Å². The molecular weight excluding hydrogens is 267 g/mol. The zero-order chi connectivity index (χ0) is 12.1. The standard InChI is InChI=1S/C10H13ClN2O3.ClH/c11-8-4-3-7(6-10(8)13(15)16)9(12)2-1-5-14;/h3-4,6,9,14H,1-2,5,12H2;1H/t9-;/m0./s1. The van der Waals surface area contributed by atoms with Crippen molar-refractivity contribution in [2.45, 2.75) is 18.9 Å². The van der Waals surface area contributed by atoms with Gasteiger partial charge >= 0.3 is 0 Å². The Bertz CT molecular complexity index is 388. The van der Waals surface area contributed by atoms with E-state index in [0.29, 0.717) is 18.4 Å². The van der Waals surface area contributed by atoms with Crippen LogP contribution >= 0.6 is 24.0 Å². The van der Waals surface area contributed by atoms with Crippen LogP contribution in [0.2, 0.25) is 5.02 Å². The van der Waals surface area contributed by atoms with Gasteiger partial charge in [-0.3, -0.25) is 10.1 Å². The number of aliphatic hydroxyl groups excluding tert-OH is 1. The number of nitro benzene ring substituents is 1. The van der Waals surface area contributed by atoms with Gasteiger partial charge in [-0.15, -0.1) is 12.4 Å². The second kappa shape index (κ2) is 7.45. The third-order valence-electron chi connectivity index (χ3n) is 2.27. The van der Waals surface area contributed by atoms with Gasteiger partial charge in [-0.2, -0.15) is 0 Å². The van der Waals surface area contributed by atoms with Crippen molar-refractivity contribution < 1.29 is 10.0 Å². The molecule has 0 aliphatic rings. The second-order valence-corrected chi connectivity index (χ2v) is 3.85. The summed E-state index contributed by atoms with van der Waals surface area (Å²) in [4.78, 5) is 10.1. The lowest BCUT2D eigenvalue weighted by Crippen LogP contribution is -2.11. The highest BCUT2D eigenvalue weighted by Gasteiger charge is 2.15. The SMILES string of the molecule is Cl.N[C@@H](CCCO)c1ccc(Cl)c([N+](=O)[O-])c1. The van der Waals surface area contributed by atoms with Crippen LogP contribution in [-0.4, -0.2) is 16.6 Å². The van der Waals surface area contributed by atoms with E-state index in [-0.39, 0.29) is 35.8 Å². The van der Waals surface area contributed by atoms with E-state index in [2.05, 4.69) is 0 Å². The smallest absolute Gasteiger partial charge is 0.288 e. The highest BCUT2D eigenvalue weighted by atomic mass is 35.5. The van der Waals surface area contributed by atoms with Gasteiger partial charge in [0.25, 0.3) is 5.69 Å². The summed E-state index contributed by atoms with van der Waals surface area (Å²) in [6.45, 7) is 0.0589. The van der Waals surface area contributed by atoms with Crippen LogP contribution in [0.3, 0.4) is 0 Å². The third kappa shape index (κ3) is 4.47. The van der Waals surface area contributed by atoms with Crippen LogP contribution in [0.4, 0.5) is 5.69 Å². The van der Waals surface area contributed by atoms with Crippen molar-refractivity contribution in [3.8, 4) is 0 Å². The Morgan fingerprint density at radius 3 is 2.71 bits per heavy atom. The van der Waals surface area contributed by atoms with E-state index < -0.39 is 4.92 Å². The summed E-state index contributed by atoms with van der Waals surface area (Å²) in [5, 5.41) is 19.4. The van der Waals surface area contributed by atoms with E-state index in [1.807, 2.05) is 0 Å². The third-order valence-corrected chi connectivity index (χ3v) is 2.59. The predicted octanol–water partition coefficient (Wildman–Crippen LogP) is 2.44. The minimum Gasteiger partial charge on any atom is -0.396 e. The maximum Gasteiger partial charge on any atom is 0.288 e. The number of hydrogen-bond acceptors (Lipinski definition) is 4. The van der Waals surface area contributed by atoms with E-state index >= 15 is 0 Å². The Hall–Kier alpha value is -0.880. The molecule has 0 heterocycles. The fourth-order valence-corrected chi connectivity index (χ4v) is 1.56. The Balaban J connectivity index is 0.00000256. The van der Waals surface area contributed by atoms with Gasteiger partial charge in [0.05, 0.1) is 4.92 Å². The van der Waals surface area contributed by atoms with Crippen molar-refractivity contribution in [1.82, 2.24) is 0 Å². The molecule has 0 spiro atoms. The second-order valence-electron chi connectivity index (χ2n) is 3.44. The van der Waals surface area contributed by atoms with Gasteiger partial charge < -0.3 is 10.8 Å². The number of nitrogens with zero attached hydrogens (tertiary/aromatic N) is 1. The number of rotatable bonds is 5. The zero-order valence-electron chi connectivity index (χ0n) is 9.01. The van der Waals surface area contributed by atoms with Crippen molar-refractivity contribution in [3.05, 3.63) is 38.9 Å². The Morgan fingerprint density at radius 1 is 1.53 bits per heavy atom. The van der Waals surface area contributed by atoms with E-state index in [0.717, 1.165) is 0 Å². The molecule has 17 heavy (non-hydrogen) atoms. The lowest BCUT2D eigenvalue weighted by Gasteiger charge is -2.11. The molecule has 1 aromatic rings. The lowest BCUT2D eigenvalue weighted by atomic mass is 10.0. The summed E-state index contributed by atoms with van der Waals surface area (Å²) < 4.78 is 0. The number of halogens is 2. The highest BCUT2D eigenvalue weighted by Crippen LogP contribution is 2.28. The predicted molar refractivity (Wildman–Crippen MR) is 68.6 cm³/mol. The molecule has 96 valence electrons. The number of nitrogens with two attached hydrogens (primary N) is 1. The molecule has 3 N–H and O–H groups in total. The number of benzene rings is 1. The van der Waals surface area contributed by atoms with Crippen molar-refractivity contribution >= 4 is 29.7 Å². The average molecular weight is 281 g/mol. The molecule has 0 unspecified atom stereocenters. The first-order chi connectivity index (χ1) is 7.56. The Kier molecular flexibility index (Phi) is 7.06. The molecule has 5 nitrogen and oxygen atoms in total. The van der Waals surface area contributed by atoms with Crippen LogP contribution in [0.25, 0.3) is 0 Å². The van der Waals surface area contributed by atoms with Crippen molar-refractivity contribution in [2.24, 2.45) is 5.73 Å². The molecule has 1 atom stereocenters. The normalized spacial score (nSPS) is 11.7. The van der Waals surface area contributed by atoms with Gasteiger partial charge in [0, 0.05) is 18.7 Å². The van der Waals surface area contributed by atoms with Crippen LogP contribution in [-0.2, 0) is 0 Å². The average Bonchev–Trinajstić information content (AvgIpc) is 2.26. The van der Waals surface area contributed by atoms with Crippen LogP contribution in [0, 0.1) is 10.1 Å². The molecule has 0 aliphatic heterocycles. The monoisotopic (exact) mass is 280 g/mol. The molecule has 0 saturated heterocycles. The molecule has 0 aromatic heterocycles. The molecule has 0 aliphatic carbocycles. The number of aliphatic hydroxyl groups is 1. The van der Waals surface area contributed by atoms with Crippen molar-refractivity contribution in [1.29, 1.82) is 0 Å². The summed E-state index contributed by atoms with van der Waals surface area (Å²) in [6.07, 6.45) is 1.15. The first-order valence-electron chi connectivity index (χ1n) is 4.86. The van der Waals surface area contributed by atoms with Gasteiger partial charge in [-0.1, -0.05) is 17.7 Å².